The second-order valence-electron chi connectivity index (χ2n) is 5.00. The number of nitrogens with zero attached hydrogens (tertiary/aromatic N) is 1. The van der Waals surface area contributed by atoms with Crippen molar-refractivity contribution in [3.63, 3.8) is 0 Å². The van der Waals surface area contributed by atoms with Gasteiger partial charge in [-0.15, -0.1) is 0 Å². The normalized spacial score (nSPS) is 12.0. The Bertz CT molecular complexity index is 601. The number of nitriles is 1. The zero-order chi connectivity index (χ0) is 16.8. The molecule has 118 valence electrons. The van der Waals surface area contributed by atoms with Gasteiger partial charge >= 0.3 is 6.18 Å². The number of carbonyl (C=O) groups is 1. The number of rotatable bonds is 5. The molecule has 1 rings (SSSR count). The molecular weight excluding hydrogens is 295 g/mol. The third-order valence-electron chi connectivity index (χ3n) is 2.61. The molecular formula is C15H16F3N3O. The molecule has 0 heterocycles. The Kier molecular flexibility index (Phi) is 5.99. The van der Waals surface area contributed by atoms with Gasteiger partial charge in [-0.25, -0.2) is 0 Å². The summed E-state index contributed by atoms with van der Waals surface area (Å²) in [5.41, 5.74) is -0.883. The molecule has 1 aromatic rings. The number of benzene rings is 1. The Morgan fingerprint density at radius 2 is 2.09 bits per heavy atom. The van der Waals surface area contributed by atoms with Crippen LogP contribution in [0.5, 0.6) is 0 Å². The molecule has 0 unspecified atom stereocenters. The number of anilines is 1. The molecule has 0 radical (unpaired) electrons. The molecule has 2 N–H and O–H groups in total. The van der Waals surface area contributed by atoms with Crippen LogP contribution in [-0.2, 0) is 11.0 Å². The van der Waals surface area contributed by atoms with Crippen LogP contribution < -0.4 is 10.6 Å². The molecule has 0 fully saturated rings. The molecule has 0 aromatic heterocycles. The van der Waals surface area contributed by atoms with Crippen LogP contribution in [0.4, 0.5) is 18.9 Å². The van der Waals surface area contributed by atoms with Crippen molar-refractivity contribution in [3.05, 3.63) is 41.6 Å². The number of hydrogen-bond acceptors (Lipinski definition) is 3. The Labute approximate surface area is 126 Å². The van der Waals surface area contributed by atoms with Crippen LogP contribution in [0.15, 0.2) is 36.0 Å². The molecule has 22 heavy (non-hydrogen) atoms. The largest absolute Gasteiger partial charge is 0.416 e. The summed E-state index contributed by atoms with van der Waals surface area (Å²) < 4.78 is 37.7. The van der Waals surface area contributed by atoms with E-state index in [-0.39, 0.29) is 17.2 Å². The molecule has 0 aliphatic carbocycles. The van der Waals surface area contributed by atoms with Crippen molar-refractivity contribution in [1.29, 1.82) is 5.26 Å². The van der Waals surface area contributed by atoms with Crippen molar-refractivity contribution in [2.75, 3.05) is 11.9 Å². The SMILES string of the molecule is CC(C)CNC(=O)/C(C#N)=C\Nc1cccc(C(F)(F)F)c1. The Morgan fingerprint density at radius 1 is 1.41 bits per heavy atom. The number of alkyl halides is 3. The van der Waals surface area contributed by atoms with Crippen molar-refractivity contribution < 1.29 is 18.0 Å². The summed E-state index contributed by atoms with van der Waals surface area (Å²) in [5.74, 6) is -0.351. The minimum atomic E-state index is -4.45. The molecule has 1 amide bonds. The number of amides is 1. The first-order valence-electron chi connectivity index (χ1n) is 6.56. The lowest BCUT2D eigenvalue weighted by molar-refractivity contribution is -0.137. The quantitative estimate of drug-likeness (QED) is 0.648. The molecule has 1 aromatic carbocycles. The van der Waals surface area contributed by atoms with E-state index in [4.69, 9.17) is 5.26 Å². The fraction of sp³-hybridized carbons (Fsp3) is 0.333. The van der Waals surface area contributed by atoms with Crippen LogP contribution in [0.25, 0.3) is 0 Å². The monoisotopic (exact) mass is 311 g/mol. The van der Waals surface area contributed by atoms with Crippen molar-refractivity contribution in [2.24, 2.45) is 5.92 Å². The van der Waals surface area contributed by atoms with Gasteiger partial charge in [0, 0.05) is 18.4 Å². The average Bonchev–Trinajstić information content (AvgIpc) is 2.45. The van der Waals surface area contributed by atoms with Crippen LogP contribution in [0.2, 0.25) is 0 Å². The van der Waals surface area contributed by atoms with Gasteiger partial charge in [-0.1, -0.05) is 19.9 Å². The van der Waals surface area contributed by atoms with E-state index in [1.54, 1.807) is 6.07 Å². The number of carbonyl (C=O) groups excluding carboxylic acids is 1. The smallest absolute Gasteiger partial charge is 0.360 e. The maximum absolute atomic E-state index is 12.6. The topological polar surface area (TPSA) is 64.9 Å². The van der Waals surface area contributed by atoms with Gasteiger partial charge < -0.3 is 10.6 Å². The summed E-state index contributed by atoms with van der Waals surface area (Å²) >= 11 is 0. The van der Waals surface area contributed by atoms with E-state index in [1.165, 1.54) is 12.1 Å². The minimum Gasteiger partial charge on any atom is -0.360 e. The van der Waals surface area contributed by atoms with E-state index in [9.17, 15) is 18.0 Å². The summed E-state index contributed by atoms with van der Waals surface area (Å²) in [6, 6.07) is 6.19. The molecule has 0 aliphatic heterocycles. The van der Waals surface area contributed by atoms with Gasteiger partial charge in [0.05, 0.1) is 5.56 Å². The van der Waals surface area contributed by atoms with E-state index in [1.807, 2.05) is 13.8 Å². The summed E-state index contributed by atoms with van der Waals surface area (Å²) in [7, 11) is 0. The molecule has 0 spiro atoms. The van der Waals surface area contributed by atoms with Gasteiger partial charge in [-0.3, -0.25) is 4.79 Å². The van der Waals surface area contributed by atoms with Gasteiger partial charge in [0.1, 0.15) is 11.6 Å². The highest BCUT2D eigenvalue weighted by molar-refractivity contribution is 5.97. The number of hydrogen-bond donors (Lipinski definition) is 2. The molecule has 0 bridgehead atoms. The molecule has 4 nitrogen and oxygen atoms in total. The Balaban J connectivity index is 2.81. The van der Waals surface area contributed by atoms with E-state index < -0.39 is 17.6 Å². The fourth-order valence-electron chi connectivity index (χ4n) is 1.48. The maximum Gasteiger partial charge on any atom is 0.416 e. The highest BCUT2D eigenvalue weighted by Gasteiger charge is 2.30. The van der Waals surface area contributed by atoms with E-state index in [0.29, 0.717) is 6.54 Å². The van der Waals surface area contributed by atoms with Crippen LogP contribution in [0, 0.1) is 17.2 Å². The van der Waals surface area contributed by atoms with Crippen LogP contribution in [0.1, 0.15) is 19.4 Å². The molecule has 0 saturated carbocycles. The zero-order valence-corrected chi connectivity index (χ0v) is 12.2. The van der Waals surface area contributed by atoms with E-state index in [2.05, 4.69) is 10.6 Å². The third kappa shape index (κ3) is 5.48. The van der Waals surface area contributed by atoms with Crippen molar-refractivity contribution >= 4 is 11.6 Å². The van der Waals surface area contributed by atoms with Gasteiger partial charge in [-0.2, -0.15) is 18.4 Å². The van der Waals surface area contributed by atoms with Crippen molar-refractivity contribution in [2.45, 2.75) is 20.0 Å². The second-order valence-corrected chi connectivity index (χ2v) is 5.00. The number of nitrogens with one attached hydrogen (secondary N) is 2. The fourth-order valence-corrected chi connectivity index (χ4v) is 1.48. The Morgan fingerprint density at radius 3 is 2.64 bits per heavy atom. The minimum absolute atomic E-state index is 0.138. The summed E-state index contributed by atoms with van der Waals surface area (Å²) in [6.45, 7) is 4.20. The highest BCUT2D eigenvalue weighted by Crippen LogP contribution is 2.30. The van der Waals surface area contributed by atoms with Crippen molar-refractivity contribution in [1.82, 2.24) is 5.32 Å². The van der Waals surface area contributed by atoms with E-state index >= 15 is 0 Å². The third-order valence-corrected chi connectivity index (χ3v) is 2.61. The predicted molar refractivity (Wildman–Crippen MR) is 76.6 cm³/mol. The molecule has 0 aliphatic rings. The van der Waals surface area contributed by atoms with Gasteiger partial charge in [-0.05, 0) is 24.1 Å². The van der Waals surface area contributed by atoms with Crippen LogP contribution in [0.3, 0.4) is 0 Å². The first kappa shape index (κ1) is 17.6. The van der Waals surface area contributed by atoms with Crippen LogP contribution >= 0.6 is 0 Å². The summed E-state index contributed by atoms with van der Waals surface area (Å²) in [5, 5.41) is 14.0. The van der Waals surface area contributed by atoms with Crippen molar-refractivity contribution in [3.8, 4) is 6.07 Å². The second kappa shape index (κ2) is 7.50. The van der Waals surface area contributed by atoms with Gasteiger partial charge in [0.25, 0.3) is 5.91 Å². The summed E-state index contributed by atoms with van der Waals surface area (Å²) in [4.78, 5) is 11.7. The summed E-state index contributed by atoms with van der Waals surface area (Å²) in [6.07, 6.45) is -3.36. The first-order chi connectivity index (χ1) is 10.2. The average molecular weight is 311 g/mol. The maximum atomic E-state index is 12.6. The highest BCUT2D eigenvalue weighted by atomic mass is 19.4. The molecule has 0 atom stereocenters. The lowest BCUT2D eigenvalue weighted by Crippen LogP contribution is -2.28. The van der Waals surface area contributed by atoms with Crippen LogP contribution in [-0.4, -0.2) is 12.5 Å². The van der Waals surface area contributed by atoms with Gasteiger partial charge in [0.15, 0.2) is 0 Å². The standard InChI is InChI=1S/C15H16F3N3O/c1-10(2)8-21-14(22)11(7-19)9-20-13-5-3-4-12(6-13)15(16,17)18/h3-6,9-10,20H,8H2,1-2H3,(H,21,22)/b11-9-. The first-order valence-corrected chi connectivity index (χ1v) is 6.56. The molecule has 7 heteroatoms. The number of halogens is 3. The lowest BCUT2D eigenvalue weighted by Gasteiger charge is -2.09. The Hall–Kier alpha value is -2.49. The lowest BCUT2D eigenvalue weighted by atomic mass is 10.2. The molecule has 0 saturated heterocycles. The van der Waals surface area contributed by atoms with Gasteiger partial charge in [0.2, 0.25) is 0 Å². The zero-order valence-electron chi connectivity index (χ0n) is 12.2. The predicted octanol–water partition coefficient (Wildman–Crippen LogP) is 3.30. The van der Waals surface area contributed by atoms with E-state index in [0.717, 1.165) is 18.3 Å².